The molecule has 0 bridgehead atoms. The van der Waals surface area contributed by atoms with Crippen LogP contribution >= 0.6 is 11.3 Å². The number of aromatic nitrogens is 2. The summed E-state index contributed by atoms with van der Waals surface area (Å²) in [6.07, 6.45) is 4.19. The average molecular weight is 339 g/mol. The maximum Gasteiger partial charge on any atom is 0.263 e. The molecular formula is C19H21N3OS. The number of nitrogens with zero attached hydrogens (tertiary/aromatic N) is 3. The minimum absolute atomic E-state index is 0.159. The standard InChI is InChI=1S/C19H21N3OS/c1-13-11-21(2)18(20-13)15-7-5-9-22(12-15)19(23)17-10-14-6-3-4-8-16(14)24-17/h3-4,6,8,10-11,15H,5,7,9,12H2,1-2H3. The van der Waals surface area contributed by atoms with Gasteiger partial charge < -0.3 is 9.47 Å². The molecule has 3 heterocycles. The van der Waals surface area contributed by atoms with Gasteiger partial charge in [0.05, 0.1) is 10.6 Å². The maximum absolute atomic E-state index is 12.9. The van der Waals surface area contributed by atoms with Crippen molar-refractivity contribution in [1.82, 2.24) is 14.5 Å². The summed E-state index contributed by atoms with van der Waals surface area (Å²) in [6, 6.07) is 10.2. The highest BCUT2D eigenvalue weighted by atomic mass is 32.1. The van der Waals surface area contributed by atoms with Crippen LogP contribution in [0, 0.1) is 6.92 Å². The molecular weight excluding hydrogens is 318 g/mol. The lowest BCUT2D eigenvalue weighted by atomic mass is 9.97. The number of hydrogen-bond acceptors (Lipinski definition) is 3. The van der Waals surface area contributed by atoms with E-state index in [-0.39, 0.29) is 5.91 Å². The number of aryl methyl sites for hydroxylation is 2. The van der Waals surface area contributed by atoms with E-state index >= 15 is 0 Å². The van der Waals surface area contributed by atoms with Crippen LogP contribution < -0.4 is 0 Å². The third-order valence-corrected chi connectivity index (χ3v) is 5.85. The summed E-state index contributed by atoms with van der Waals surface area (Å²) in [7, 11) is 2.04. The quantitative estimate of drug-likeness (QED) is 0.709. The first-order valence-corrected chi connectivity index (χ1v) is 9.21. The lowest BCUT2D eigenvalue weighted by Crippen LogP contribution is -2.39. The maximum atomic E-state index is 12.9. The number of carbonyl (C=O) groups is 1. The van der Waals surface area contributed by atoms with Crippen molar-refractivity contribution in [2.75, 3.05) is 13.1 Å². The van der Waals surface area contributed by atoms with Crippen molar-refractivity contribution in [2.45, 2.75) is 25.7 Å². The lowest BCUT2D eigenvalue weighted by Gasteiger charge is -2.32. The Morgan fingerprint density at radius 2 is 2.17 bits per heavy atom. The number of hydrogen-bond donors (Lipinski definition) is 0. The SMILES string of the molecule is Cc1cn(C)c(C2CCCN(C(=O)c3cc4ccccc4s3)C2)n1. The zero-order chi connectivity index (χ0) is 16.7. The number of fused-ring (bicyclic) bond motifs is 1. The Balaban J connectivity index is 1.57. The molecule has 0 saturated carbocycles. The van der Waals surface area contributed by atoms with Gasteiger partial charge in [0.1, 0.15) is 5.82 Å². The van der Waals surface area contributed by atoms with Crippen LogP contribution in [0.4, 0.5) is 0 Å². The highest BCUT2D eigenvalue weighted by Gasteiger charge is 2.28. The smallest absolute Gasteiger partial charge is 0.263 e. The highest BCUT2D eigenvalue weighted by molar-refractivity contribution is 7.20. The van der Waals surface area contributed by atoms with E-state index in [1.54, 1.807) is 11.3 Å². The van der Waals surface area contributed by atoms with Crippen LogP contribution in [0.5, 0.6) is 0 Å². The van der Waals surface area contributed by atoms with Crippen LogP contribution in [0.1, 0.15) is 39.9 Å². The Hall–Kier alpha value is -2.14. The topological polar surface area (TPSA) is 38.1 Å². The molecule has 3 aromatic rings. The summed E-state index contributed by atoms with van der Waals surface area (Å²) < 4.78 is 3.28. The van der Waals surface area contributed by atoms with Gasteiger partial charge in [0.15, 0.2) is 0 Å². The van der Waals surface area contributed by atoms with Gasteiger partial charge in [-0.1, -0.05) is 18.2 Å². The number of imidazole rings is 1. The normalized spacial score (nSPS) is 18.2. The molecule has 0 radical (unpaired) electrons. The van der Waals surface area contributed by atoms with Crippen molar-refractivity contribution in [3.8, 4) is 0 Å². The first kappa shape index (κ1) is 15.4. The number of benzene rings is 1. The van der Waals surface area contributed by atoms with E-state index in [0.717, 1.165) is 47.7 Å². The van der Waals surface area contributed by atoms with E-state index in [2.05, 4.69) is 27.9 Å². The van der Waals surface area contributed by atoms with Crippen LogP contribution in [0.25, 0.3) is 10.1 Å². The summed E-state index contributed by atoms with van der Waals surface area (Å²) in [5, 5.41) is 1.15. The van der Waals surface area contributed by atoms with Crippen molar-refractivity contribution >= 4 is 27.3 Å². The number of carbonyl (C=O) groups excluding carboxylic acids is 1. The Morgan fingerprint density at radius 1 is 1.33 bits per heavy atom. The second-order valence-electron chi connectivity index (χ2n) is 6.59. The number of piperidine rings is 1. The van der Waals surface area contributed by atoms with Crippen LogP contribution in [0.2, 0.25) is 0 Å². The molecule has 1 aromatic carbocycles. The largest absolute Gasteiger partial charge is 0.337 e. The van der Waals surface area contributed by atoms with Crippen molar-refractivity contribution in [3.05, 3.63) is 52.9 Å². The molecule has 1 aliphatic heterocycles. The van der Waals surface area contributed by atoms with Crippen molar-refractivity contribution < 1.29 is 4.79 Å². The monoisotopic (exact) mass is 339 g/mol. The van der Waals surface area contributed by atoms with Gasteiger partial charge in [-0.05, 0) is 37.3 Å². The summed E-state index contributed by atoms with van der Waals surface area (Å²) in [6.45, 7) is 3.62. The van der Waals surface area contributed by atoms with Gasteiger partial charge in [0, 0.05) is 37.0 Å². The van der Waals surface area contributed by atoms with Crippen LogP contribution in [-0.2, 0) is 7.05 Å². The molecule has 1 aliphatic rings. The second kappa shape index (κ2) is 6.06. The molecule has 2 aromatic heterocycles. The molecule has 1 amide bonds. The Kier molecular flexibility index (Phi) is 3.88. The zero-order valence-electron chi connectivity index (χ0n) is 14.0. The summed E-state index contributed by atoms with van der Waals surface area (Å²) in [4.78, 5) is 20.5. The molecule has 4 rings (SSSR count). The third-order valence-electron chi connectivity index (χ3n) is 4.74. The van der Waals surface area contributed by atoms with Crippen molar-refractivity contribution in [1.29, 1.82) is 0 Å². The number of rotatable bonds is 2. The molecule has 1 saturated heterocycles. The van der Waals surface area contributed by atoms with E-state index < -0.39 is 0 Å². The predicted molar refractivity (Wildman–Crippen MR) is 97.6 cm³/mol. The summed E-state index contributed by atoms with van der Waals surface area (Å²) in [5.74, 6) is 1.59. The summed E-state index contributed by atoms with van der Waals surface area (Å²) in [5.41, 5.74) is 1.04. The molecule has 1 fully saturated rings. The van der Waals surface area contributed by atoms with Crippen LogP contribution in [-0.4, -0.2) is 33.4 Å². The van der Waals surface area contributed by atoms with Crippen molar-refractivity contribution in [2.24, 2.45) is 7.05 Å². The molecule has 0 spiro atoms. The van der Waals surface area contributed by atoms with Crippen LogP contribution in [0.15, 0.2) is 36.5 Å². The van der Waals surface area contributed by atoms with E-state index in [4.69, 9.17) is 0 Å². The molecule has 124 valence electrons. The minimum Gasteiger partial charge on any atom is -0.337 e. The first-order chi connectivity index (χ1) is 11.6. The Labute approximate surface area is 145 Å². The number of likely N-dealkylation sites (tertiary alicyclic amines) is 1. The Morgan fingerprint density at radius 3 is 2.92 bits per heavy atom. The van der Waals surface area contributed by atoms with Gasteiger partial charge >= 0.3 is 0 Å². The first-order valence-electron chi connectivity index (χ1n) is 8.39. The van der Waals surface area contributed by atoms with E-state index in [9.17, 15) is 4.79 Å². The molecule has 0 aliphatic carbocycles. The molecule has 4 nitrogen and oxygen atoms in total. The molecule has 24 heavy (non-hydrogen) atoms. The predicted octanol–water partition coefficient (Wildman–Crippen LogP) is 3.96. The van der Waals surface area contributed by atoms with Crippen molar-refractivity contribution in [3.63, 3.8) is 0 Å². The fourth-order valence-electron chi connectivity index (χ4n) is 3.63. The minimum atomic E-state index is 0.159. The molecule has 1 unspecified atom stereocenters. The zero-order valence-corrected chi connectivity index (χ0v) is 14.8. The van der Waals surface area contributed by atoms with Gasteiger partial charge in [0.25, 0.3) is 5.91 Å². The fraction of sp³-hybridized carbons (Fsp3) is 0.368. The molecule has 0 N–H and O–H groups in total. The van der Waals surface area contributed by atoms with E-state index in [1.165, 1.54) is 4.70 Å². The third kappa shape index (κ3) is 2.73. The van der Waals surface area contributed by atoms with E-state index in [0.29, 0.717) is 5.92 Å². The number of amides is 1. The highest BCUT2D eigenvalue weighted by Crippen LogP contribution is 2.30. The molecule has 5 heteroatoms. The van der Waals surface area contributed by atoms with Crippen LogP contribution in [0.3, 0.4) is 0 Å². The van der Waals surface area contributed by atoms with Gasteiger partial charge in [-0.2, -0.15) is 0 Å². The van der Waals surface area contributed by atoms with Gasteiger partial charge in [-0.3, -0.25) is 4.79 Å². The average Bonchev–Trinajstić information content (AvgIpc) is 3.17. The van der Waals surface area contributed by atoms with Gasteiger partial charge in [0.2, 0.25) is 0 Å². The van der Waals surface area contributed by atoms with Gasteiger partial charge in [-0.25, -0.2) is 4.98 Å². The van der Waals surface area contributed by atoms with Gasteiger partial charge in [-0.15, -0.1) is 11.3 Å². The summed E-state index contributed by atoms with van der Waals surface area (Å²) >= 11 is 1.59. The molecule has 1 atom stereocenters. The number of thiophene rings is 1. The Bertz CT molecular complexity index is 862. The fourth-order valence-corrected chi connectivity index (χ4v) is 4.66. The second-order valence-corrected chi connectivity index (χ2v) is 7.67. The van der Waals surface area contributed by atoms with E-state index in [1.807, 2.05) is 37.1 Å². The lowest BCUT2D eigenvalue weighted by molar-refractivity contribution is 0.0708.